The predicted molar refractivity (Wildman–Crippen MR) is 87.0 cm³/mol. The number of aromatic nitrogens is 2. The first kappa shape index (κ1) is 15.6. The molecule has 0 radical (unpaired) electrons. The Morgan fingerprint density at radius 3 is 2.91 bits per heavy atom. The van der Waals surface area contributed by atoms with Crippen molar-refractivity contribution in [2.24, 2.45) is 5.92 Å². The number of hydrogen-bond donors (Lipinski definition) is 0. The van der Waals surface area contributed by atoms with E-state index in [2.05, 4.69) is 16.8 Å². The summed E-state index contributed by atoms with van der Waals surface area (Å²) >= 11 is 1.52. The molecule has 0 aromatic carbocycles. The van der Waals surface area contributed by atoms with Gasteiger partial charge in [-0.15, -0.1) is 0 Å². The normalized spacial score (nSPS) is 22.1. The zero-order chi connectivity index (χ0) is 15.5. The van der Waals surface area contributed by atoms with Gasteiger partial charge in [-0.25, -0.2) is 4.98 Å². The molecule has 0 bridgehead atoms. The second kappa shape index (κ2) is 6.86. The fourth-order valence-electron chi connectivity index (χ4n) is 3.52. The van der Waals surface area contributed by atoms with Gasteiger partial charge in [-0.1, -0.05) is 31.0 Å². The van der Waals surface area contributed by atoms with Crippen LogP contribution >= 0.6 is 11.8 Å². The summed E-state index contributed by atoms with van der Waals surface area (Å²) in [4.78, 5) is 31.2. The van der Waals surface area contributed by atoms with E-state index >= 15 is 0 Å². The van der Waals surface area contributed by atoms with Gasteiger partial charge < -0.3 is 4.90 Å². The van der Waals surface area contributed by atoms with Gasteiger partial charge in [0.05, 0.1) is 5.92 Å². The average molecular weight is 321 g/mol. The summed E-state index contributed by atoms with van der Waals surface area (Å²) in [5.41, 5.74) is -0.0595. The van der Waals surface area contributed by atoms with Gasteiger partial charge in [-0.2, -0.15) is 0 Å². The summed E-state index contributed by atoms with van der Waals surface area (Å²) in [5, 5.41) is 0.734. The lowest BCUT2D eigenvalue weighted by Gasteiger charge is -2.37. The molecule has 6 heteroatoms. The van der Waals surface area contributed by atoms with Gasteiger partial charge in [-0.05, 0) is 19.8 Å². The molecule has 1 unspecified atom stereocenters. The average Bonchev–Trinajstić information content (AvgIpc) is 2.56. The van der Waals surface area contributed by atoms with Gasteiger partial charge in [0.1, 0.15) is 0 Å². The van der Waals surface area contributed by atoms with Crippen LogP contribution in [0.15, 0.2) is 22.2 Å². The van der Waals surface area contributed by atoms with E-state index in [1.807, 2.05) is 0 Å². The maximum Gasteiger partial charge on any atom is 0.254 e. The van der Waals surface area contributed by atoms with E-state index < -0.39 is 0 Å². The van der Waals surface area contributed by atoms with Crippen molar-refractivity contribution >= 4 is 17.7 Å². The SMILES string of the molecule is CCN(C(=O)C1CSc2nccc(=O)n2C1)C1CCCCC1. The molecular weight excluding hydrogens is 298 g/mol. The molecule has 120 valence electrons. The summed E-state index contributed by atoms with van der Waals surface area (Å²) in [6.45, 7) is 3.29. The Morgan fingerprint density at radius 1 is 1.41 bits per heavy atom. The number of rotatable bonds is 3. The summed E-state index contributed by atoms with van der Waals surface area (Å²) in [6.07, 6.45) is 7.52. The van der Waals surface area contributed by atoms with Crippen molar-refractivity contribution in [2.75, 3.05) is 12.3 Å². The molecule has 3 rings (SSSR count). The summed E-state index contributed by atoms with van der Waals surface area (Å²) in [5.74, 6) is 0.822. The Bertz CT molecular complexity index is 595. The van der Waals surface area contributed by atoms with Gasteiger partial charge >= 0.3 is 0 Å². The predicted octanol–water partition coefficient (Wildman–Crippen LogP) is 2.15. The Morgan fingerprint density at radius 2 is 2.18 bits per heavy atom. The highest BCUT2D eigenvalue weighted by atomic mass is 32.2. The number of carbonyl (C=O) groups excluding carboxylic acids is 1. The summed E-state index contributed by atoms with van der Waals surface area (Å²) < 4.78 is 1.64. The van der Waals surface area contributed by atoms with Crippen molar-refractivity contribution in [1.29, 1.82) is 0 Å². The fraction of sp³-hybridized carbons (Fsp3) is 0.688. The van der Waals surface area contributed by atoms with Gasteiger partial charge in [0.2, 0.25) is 5.91 Å². The monoisotopic (exact) mass is 321 g/mol. The molecule has 22 heavy (non-hydrogen) atoms. The number of amides is 1. The van der Waals surface area contributed by atoms with Gasteiger partial charge in [-0.3, -0.25) is 14.2 Å². The molecule has 1 aromatic rings. The second-order valence-electron chi connectivity index (χ2n) is 6.10. The smallest absolute Gasteiger partial charge is 0.254 e. The zero-order valence-electron chi connectivity index (χ0n) is 13.0. The van der Waals surface area contributed by atoms with E-state index in [1.54, 1.807) is 10.8 Å². The van der Waals surface area contributed by atoms with Crippen molar-refractivity contribution in [3.8, 4) is 0 Å². The van der Waals surface area contributed by atoms with Gasteiger partial charge in [0.15, 0.2) is 5.16 Å². The van der Waals surface area contributed by atoms with Crippen LogP contribution < -0.4 is 5.56 Å². The van der Waals surface area contributed by atoms with Gasteiger partial charge in [0, 0.05) is 37.1 Å². The van der Waals surface area contributed by atoms with Crippen LogP contribution in [0.1, 0.15) is 39.0 Å². The maximum absolute atomic E-state index is 12.9. The molecular formula is C16H23N3O2S. The molecule has 1 aromatic heterocycles. The minimum absolute atomic E-state index is 0.0595. The Balaban J connectivity index is 1.74. The summed E-state index contributed by atoms with van der Waals surface area (Å²) in [6, 6.07) is 1.86. The van der Waals surface area contributed by atoms with E-state index in [4.69, 9.17) is 0 Å². The third kappa shape index (κ3) is 3.07. The lowest BCUT2D eigenvalue weighted by Crippen LogP contribution is -2.47. The molecule has 2 aliphatic rings. The minimum atomic E-state index is -0.110. The molecule has 0 N–H and O–H groups in total. The van der Waals surface area contributed by atoms with Crippen LogP contribution in [-0.2, 0) is 11.3 Å². The molecule has 1 aliphatic heterocycles. The van der Waals surface area contributed by atoms with Crippen LogP contribution in [0.4, 0.5) is 0 Å². The fourth-order valence-corrected chi connectivity index (χ4v) is 4.57. The maximum atomic E-state index is 12.9. The molecule has 2 heterocycles. The molecule has 1 atom stereocenters. The van der Waals surface area contributed by atoms with Crippen molar-refractivity contribution in [3.05, 3.63) is 22.6 Å². The van der Waals surface area contributed by atoms with Crippen LogP contribution in [0.3, 0.4) is 0 Å². The van der Waals surface area contributed by atoms with E-state index in [0.29, 0.717) is 12.6 Å². The van der Waals surface area contributed by atoms with Crippen LogP contribution in [0, 0.1) is 5.92 Å². The molecule has 0 saturated heterocycles. The number of nitrogens with zero attached hydrogens (tertiary/aromatic N) is 3. The number of carbonyl (C=O) groups is 1. The first-order valence-corrected chi connectivity index (χ1v) is 9.18. The highest BCUT2D eigenvalue weighted by Gasteiger charge is 2.32. The molecule has 0 spiro atoms. The first-order valence-electron chi connectivity index (χ1n) is 8.20. The second-order valence-corrected chi connectivity index (χ2v) is 7.09. The third-order valence-electron chi connectivity index (χ3n) is 4.70. The van der Waals surface area contributed by atoms with Crippen molar-refractivity contribution < 1.29 is 4.79 Å². The molecule has 1 aliphatic carbocycles. The van der Waals surface area contributed by atoms with E-state index in [1.165, 1.54) is 37.1 Å². The lowest BCUT2D eigenvalue weighted by molar-refractivity contribution is -0.138. The van der Waals surface area contributed by atoms with E-state index in [0.717, 1.165) is 30.3 Å². The van der Waals surface area contributed by atoms with Crippen LogP contribution in [-0.4, -0.2) is 38.7 Å². The standard InChI is InChI=1S/C16H23N3O2S/c1-2-18(13-6-4-3-5-7-13)15(21)12-10-19-14(20)8-9-17-16(19)22-11-12/h8-9,12-13H,2-7,10-11H2,1H3. The Kier molecular flexibility index (Phi) is 4.86. The number of hydrogen-bond acceptors (Lipinski definition) is 4. The molecule has 1 saturated carbocycles. The van der Waals surface area contributed by atoms with Crippen LogP contribution in [0.25, 0.3) is 0 Å². The van der Waals surface area contributed by atoms with E-state index in [9.17, 15) is 9.59 Å². The minimum Gasteiger partial charge on any atom is -0.340 e. The summed E-state index contributed by atoms with van der Waals surface area (Å²) in [7, 11) is 0. The Hall–Kier alpha value is -1.30. The van der Waals surface area contributed by atoms with Crippen molar-refractivity contribution in [3.63, 3.8) is 0 Å². The third-order valence-corrected chi connectivity index (χ3v) is 5.86. The van der Waals surface area contributed by atoms with Crippen molar-refractivity contribution in [2.45, 2.75) is 56.8 Å². The van der Waals surface area contributed by atoms with E-state index in [-0.39, 0.29) is 17.4 Å². The van der Waals surface area contributed by atoms with Crippen LogP contribution in [0.5, 0.6) is 0 Å². The quantitative estimate of drug-likeness (QED) is 0.801. The first-order chi connectivity index (χ1) is 10.7. The highest BCUT2D eigenvalue weighted by Crippen LogP contribution is 2.28. The molecule has 1 fully saturated rings. The lowest BCUT2D eigenvalue weighted by atomic mass is 9.93. The molecule has 5 nitrogen and oxygen atoms in total. The van der Waals surface area contributed by atoms with Gasteiger partial charge in [0.25, 0.3) is 5.56 Å². The molecule has 1 amide bonds. The number of thioether (sulfide) groups is 1. The highest BCUT2D eigenvalue weighted by molar-refractivity contribution is 7.99. The van der Waals surface area contributed by atoms with Crippen molar-refractivity contribution in [1.82, 2.24) is 14.5 Å². The topological polar surface area (TPSA) is 55.2 Å². The number of fused-ring (bicyclic) bond motifs is 1. The largest absolute Gasteiger partial charge is 0.340 e. The Labute approximate surface area is 135 Å². The van der Waals surface area contributed by atoms with Crippen LogP contribution in [0.2, 0.25) is 0 Å². The zero-order valence-corrected chi connectivity index (χ0v) is 13.8.